The Morgan fingerprint density at radius 3 is 2.84 bits per heavy atom. The van der Waals surface area contributed by atoms with Crippen LogP contribution in [0.25, 0.3) is 10.2 Å². The summed E-state index contributed by atoms with van der Waals surface area (Å²) in [6, 6.07) is 7.99. The second kappa shape index (κ2) is 7.72. The van der Waals surface area contributed by atoms with Crippen LogP contribution in [0.1, 0.15) is 28.0 Å². The third-order valence-electron chi connectivity index (χ3n) is 3.52. The molecule has 8 heteroatoms. The average molecular weight is 438 g/mol. The number of aromatic nitrogens is 2. The number of fused-ring (bicyclic) bond motifs is 1. The van der Waals surface area contributed by atoms with Gasteiger partial charge in [-0.15, -0.1) is 23.1 Å². The number of esters is 1. The van der Waals surface area contributed by atoms with Crippen LogP contribution in [0.3, 0.4) is 0 Å². The van der Waals surface area contributed by atoms with E-state index in [0.29, 0.717) is 28.9 Å². The van der Waals surface area contributed by atoms with Crippen molar-refractivity contribution < 1.29 is 9.53 Å². The van der Waals surface area contributed by atoms with Gasteiger partial charge in [0, 0.05) is 9.37 Å². The minimum atomic E-state index is -0.341. The van der Waals surface area contributed by atoms with Crippen molar-refractivity contribution in [1.29, 1.82) is 0 Å². The third-order valence-corrected chi connectivity index (χ3v) is 6.71. The van der Waals surface area contributed by atoms with Gasteiger partial charge in [-0.1, -0.05) is 12.1 Å². The summed E-state index contributed by atoms with van der Waals surface area (Å²) in [6.45, 7) is 3.97. The molecule has 130 valence electrons. The van der Waals surface area contributed by atoms with Gasteiger partial charge in [-0.3, -0.25) is 0 Å². The Morgan fingerprint density at radius 2 is 2.12 bits per heavy atom. The normalized spacial score (nSPS) is 11.0. The Bertz CT molecular complexity index is 943. The highest BCUT2D eigenvalue weighted by Crippen LogP contribution is 2.34. The Kier molecular flexibility index (Phi) is 5.61. The number of aryl methyl sites for hydroxylation is 1. The van der Waals surface area contributed by atoms with Crippen LogP contribution in [0, 0.1) is 6.92 Å². The monoisotopic (exact) mass is 437 g/mol. The van der Waals surface area contributed by atoms with E-state index in [-0.39, 0.29) is 5.97 Å². The van der Waals surface area contributed by atoms with Gasteiger partial charge < -0.3 is 10.5 Å². The molecule has 0 bridgehead atoms. The maximum atomic E-state index is 12.1. The average Bonchev–Trinajstić information content (AvgIpc) is 2.92. The van der Waals surface area contributed by atoms with Crippen molar-refractivity contribution >= 4 is 61.0 Å². The Labute approximate surface area is 162 Å². The zero-order valence-corrected chi connectivity index (χ0v) is 16.9. The summed E-state index contributed by atoms with van der Waals surface area (Å²) >= 11 is 6.46. The van der Waals surface area contributed by atoms with Crippen molar-refractivity contribution in [2.75, 3.05) is 12.3 Å². The first kappa shape index (κ1) is 18.2. The lowest BCUT2D eigenvalue weighted by Gasteiger charge is -2.05. The Balaban J connectivity index is 1.91. The van der Waals surface area contributed by atoms with Crippen LogP contribution in [0.2, 0.25) is 0 Å². The molecule has 0 unspecified atom stereocenters. The molecule has 0 amide bonds. The van der Waals surface area contributed by atoms with E-state index in [1.165, 1.54) is 11.3 Å². The molecule has 0 spiro atoms. The molecule has 3 rings (SSSR count). The second-order valence-electron chi connectivity index (χ2n) is 5.20. The minimum Gasteiger partial charge on any atom is -0.462 e. The molecule has 2 N–H and O–H groups in total. The number of ether oxygens (including phenoxy) is 1. The lowest BCUT2D eigenvalue weighted by Crippen LogP contribution is -2.03. The standard InChI is InChI=1S/C17H16BrN3O2S2/c1-3-23-17(22)14-9(2)13-15(19)20-12(21-16(13)25-14)8-24-11-7-5-4-6-10(11)18/h4-7H,3,8H2,1-2H3,(H2,19,20,21). The first-order valence-electron chi connectivity index (χ1n) is 7.61. The molecule has 1 aromatic carbocycles. The zero-order chi connectivity index (χ0) is 18.0. The second-order valence-corrected chi connectivity index (χ2v) is 8.07. The SMILES string of the molecule is CCOC(=O)c1sc2nc(CSc3ccccc3Br)nc(N)c2c1C. The fourth-order valence-electron chi connectivity index (χ4n) is 2.38. The van der Waals surface area contributed by atoms with Gasteiger partial charge in [-0.05, 0) is 47.5 Å². The third kappa shape index (κ3) is 3.80. The molecule has 3 aromatic rings. The number of thiophene rings is 1. The molecule has 0 atom stereocenters. The quantitative estimate of drug-likeness (QED) is 0.455. The molecule has 2 aromatic heterocycles. The smallest absolute Gasteiger partial charge is 0.348 e. The largest absolute Gasteiger partial charge is 0.462 e. The molecular formula is C17H16BrN3O2S2. The number of hydrogen-bond acceptors (Lipinski definition) is 7. The van der Waals surface area contributed by atoms with Crippen LogP contribution in [0.15, 0.2) is 33.6 Å². The number of nitrogens with zero attached hydrogens (tertiary/aromatic N) is 2. The number of halogens is 1. The van der Waals surface area contributed by atoms with E-state index in [1.54, 1.807) is 18.7 Å². The topological polar surface area (TPSA) is 78.1 Å². The summed E-state index contributed by atoms with van der Waals surface area (Å²) in [5.41, 5.74) is 6.91. The van der Waals surface area contributed by atoms with Crippen LogP contribution >= 0.6 is 39.0 Å². The first-order valence-corrected chi connectivity index (χ1v) is 10.2. The molecule has 2 heterocycles. The van der Waals surface area contributed by atoms with Crippen LogP contribution in [0.4, 0.5) is 5.82 Å². The lowest BCUT2D eigenvalue weighted by atomic mass is 10.2. The van der Waals surface area contributed by atoms with E-state index in [2.05, 4.69) is 25.9 Å². The predicted octanol–water partition coefficient (Wildman–Crippen LogP) is 4.81. The summed E-state index contributed by atoms with van der Waals surface area (Å²) in [7, 11) is 0. The van der Waals surface area contributed by atoms with E-state index in [9.17, 15) is 4.79 Å². The van der Waals surface area contributed by atoms with Crippen molar-refractivity contribution in [2.24, 2.45) is 0 Å². The number of benzene rings is 1. The number of carbonyl (C=O) groups excluding carboxylic acids is 1. The van der Waals surface area contributed by atoms with Crippen LogP contribution in [-0.2, 0) is 10.5 Å². The summed E-state index contributed by atoms with van der Waals surface area (Å²) in [5.74, 6) is 1.29. The van der Waals surface area contributed by atoms with Gasteiger partial charge in [-0.25, -0.2) is 14.8 Å². The molecule has 0 aliphatic carbocycles. The van der Waals surface area contributed by atoms with Crippen molar-refractivity contribution in [3.63, 3.8) is 0 Å². The maximum Gasteiger partial charge on any atom is 0.348 e. The Morgan fingerprint density at radius 1 is 1.36 bits per heavy atom. The van der Waals surface area contributed by atoms with Crippen molar-refractivity contribution in [3.8, 4) is 0 Å². The molecule has 0 saturated heterocycles. The van der Waals surface area contributed by atoms with Crippen molar-refractivity contribution in [3.05, 3.63) is 45.0 Å². The van der Waals surface area contributed by atoms with Gasteiger partial charge in [0.15, 0.2) is 0 Å². The highest BCUT2D eigenvalue weighted by atomic mass is 79.9. The van der Waals surface area contributed by atoms with Gasteiger partial charge in [-0.2, -0.15) is 0 Å². The molecule has 0 radical (unpaired) electrons. The van der Waals surface area contributed by atoms with Gasteiger partial charge in [0.05, 0.1) is 17.7 Å². The van der Waals surface area contributed by atoms with Gasteiger partial charge in [0.1, 0.15) is 21.3 Å². The summed E-state index contributed by atoms with van der Waals surface area (Å²) in [5, 5.41) is 0.739. The summed E-state index contributed by atoms with van der Waals surface area (Å²) in [6.07, 6.45) is 0. The van der Waals surface area contributed by atoms with Crippen molar-refractivity contribution in [2.45, 2.75) is 24.5 Å². The fraction of sp³-hybridized carbons (Fsp3) is 0.235. The van der Waals surface area contributed by atoms with E-state index >= 15 is 0 Å². The highest BCUT2D eigenvalue weighted by Gasteiger charge is 2.20. The fourth-order valence-corrected chi connectivity index (χ4v) is 4.90. The maximum absolute atomic E-state index is 12.1. The van der Waals surface area contributed by atoms with E-state index in [1.807, 2.05) is 31.2 Å². The van der Waals surface area contributed by atoms with Gasteiger partial charge in [0.2, 0.25) is 0 Å². The summed E-state index contributed by atoms with van der Waals surface area (Å²) < 4.78 is 6.13. The van der Waals surface area contributed by atoms with Crippen LogP contribution in [0.5, 0.6) is 0 Å². The van der Waals surface area contributed by atoms with E-state index < -0.39 is 0 Å². The number of hydrogen-bond donors (Lipinski definition) is 1. The van der Waals surface area contributed by atoms with Crippen molar-refractivity contribution in [1.82, 2.24) is 9.97 Å². The molecule has 0 aliphatic rings. The number of carbonyl (C=O) groups is 1. The number of nitrogens with two attached hydrogens (primary N) is 1. The highest BCUT2D eigenvalue weighted by molar-refractivity contribution is 9.10. The predicted molar refractivity (Wildman–Crippen MR) is 106 cm³/mol. The number of nitrogen functional groups attached to an aromatic ring is 1. The van der Waals surface area contributed by atoms with E-state index in [4.69, 9.17) is 10.5 Å². The molecule has 5 nitrogen and oxygen atoms in total. The van der Waals surface area contributed by atoms with E-state index in [0.717, 1.165) is 25.1 Å². The molecule has 25 heavy (non-hydrogen) atoms. The molecule has 0 saturated carbocycles. The number of thioether (sulfide) groups is 1. The Hall–Kier alpha value is -1.64. The first-order chi connectivity index (χ1) is 12.0. The molecule has 0 fully saturated rings. The lowest BCUT2D eigenvalue weighted by molar-refractivity contribution is 0.0531. The van der Waals surface area contributed by atoms with Crippen LogP contribution in [-0.4, -0.2) is 22.5 Å². The minimum absolute atomic E-state index is 0.335. The summed E-state index contributed by atoms with van der Waals surface area (Å²) in [4.78, 5) is 23.4. The molecule has 0 aliphatic heterocycles. The van der Waals surface area contributed by atoms with Crippen LogP contribution < -0.4 is 5.73 Å². The van der Waals surface area contributed by atoms with Gasteiger partial charge >= 0.3 is 5.97 Å². The van der Waals surface area contributed by atoms with Gasteiger partial charge in [0.25, 0.3) is 0 Å². The number of rotatable bonds is 5. The number of anilines is 1. The zero-order valence-electron chi connectivity index (χ0n) is 13.7. The molecular weight excluding hydrogens is 422 g/mol.